The van der Waals surface area contributed by atoms with Crippen molar-refractivity contribution in [3.63, 3.8) is 0 Å². The van der Waals surface area contributed by atoms with Crippen LogP contribution in [0.15, 0.2) is 29.6 Å². The second-order valence-electron chi connectivity index (χ2n) is 7.30. The van der Waals surface area contributed by atoms with E-state index >= 15 is 0 Å². The Hall–Kier alpha value is -2.10. The minimum Gasteiger partial charge on any atom is -0.397 e. The number of sulfone groups is 1. The summed E-state index contributed by atoms with van der Waals surface area (Å²) >= 11 is 7.67. The Kier molecular flexibility index (Phi) is 5.20. The van der Waals surface area contributed by atoms with Gasteiger partial charge in [-0.05, 0) is 18.2 Å². The Labute approximate surface area is 171 Å². The monoisotopic (exact) mass is 440 g/mol. The van der Waals surface area contributed by atoms with Crippen molar-refractivity contribution in [2.45, 2.75) is 31.3 Å². The molecule has 0 fully saturated rings. The smallest absolute Gasteiger partial charge is 0.247 e. The first kappa shape index (κ1) is 20.6. The van der Waals surface area contributed by atoms with Crippen LogP contribution in [0.5, 0.6) is 0 Å². The minimum absolute atomic E-state index is 0.0902. The first-order chi connectivity index (χ1) is 12.9. The Balaban J connectivity index is 2.33. The van der Waals surface area contributed by atoms with Crippen molar-refractivity contribution < 1.29 is 12.8 Å². The van der Waals surface area contributed by atoms with Crippen LogP contribution in [0.1, 0.15) is 25.8 Å². The van der Waals surface area contributed by atoms with E-state index in [1.54, 1.807) is 6.07 Å². The fourth-order valence-corrected chi connectivity index (χ4v) is 4.25. The molecule has 2 heterocycles. The van der Waals surface area contributed by atoms with Gasteiger partial charge in [-0.15, -0.1) is 11.3 Å². The molecule has 148 valence electrons. The summed E-state index contributed by atoms with van der Waals surface area (Å²) in [6.45, 7) is 5.97. The van der Waals surface area contributed by atoms with Crippen LogP contribution < -0.4 is 5.73 Å². The number of nitrogens with zero attached hydrogens (tertiary/aromatic N) is 3. The molecule has 6 nitrogen and oxygen atoms in total. The molecule has 3 rings (SSSR count). The summed E-state index contributed by atoms with van der Waals surface area (Å²) < 4.78 is 37.7. The molecular formula is C18H18ClFN4O2S2. The zero-order valence-corrected chi connectivity index (χ0v) is 18.0. The van der Waals surface area contributed by atoms with Crippen molar-refractivity contribution in [2.24, 2.45) is 0 Å². The second-order valence-corrected chi connectivity index (χ2v) is 10.6. The number of anilines is 1. The van der Waals surface area contributed by atoms with Crippen LogP contribution in [0.3, 0.4) is 0 Å². The van der Waals surface area contributed by atoms with E-state index in [9.17, 15) is 12.8 Å². The van der Waals surface area contributed by atoms with E-state index in [1.165, 1.54) is 23.6 Å². The van der Waals surface area contributed by atoms with E-state index in [0.29, 0.717) is 21.8 Å². The van der Waals surface area contributed by atoms with Gasteiger partial charge in [-0.1, -0.05) is 32.4 Å². The van der Waals surface area contributed by atoms with E-state index in [1.807, 2.05) is 20.8 Å². The van der Waals surface area contributed by atoms with Gasteiger partial charge < -0.3 is 5.73 Å². The molecule has 0 atom stereocenters. The molecule has 10 heteroatoms. The maximum atomic E-state index is 14.0. The highest BCUT2D eigenvalue weighted by Crippen LogP contribution is 2.43. The van der Waals surface area contributed by atoms with Gasteiger partial charge in [0.25, 0.3) is 0 Å². The summed E-state index contributed by atoms with van der Waals surface area (Å²) in [6.07, 6.45) is 2.39. The average Bonchev–Trinajstić information content (AvgIpc) is 3.03. The summed E-state index contributed by atoms with van der Waals surface area (Å²) in [5.74, 6) is -0.548. The van der Waals surface area contributed by atoms with Crippen LogP contribution in [0.2, 0.25) is 5.02 Å². The molecule has 3 aromatic rings. The van der Waals surface area contributed by atoms with Gasteiger partial charge in [-0.3, -0.25) is 0 Å². The summed E-state index contributed by atoms with van der Waals surface area (Å²) in [5, 5.41) is 0.633. The predicted molar refractivity (Wildman–Crippen MR) is 110 cm³/mol. The molecule has 0 bridgehead atoms. The fourth-order valence-electron chi connectivity index (χ4n) is 2.43. The average molecular weight is 441 g/mol. The number of aromatic nitrogens is 3. The molecule has 0 unspecified atom stereocenters. The third-order valence-corrected chi connectivity index (χ3v) is 6.57. The molecule has 0 saturated heterocycles. The number of nitrogen functional groups attached to an aromatic ring is 1. The molecule has 0 aliphatic rings. The quantitative estimate of drug-likeness (QED) is 0.480. The van der Waals surface area contributed by atoms with Crippen LogP contribution >= 0.6 is 22.9 Å². The van der Waals surface area contributed by atoms with E-state index in [4.69, 9.17) is 17.3 Å². The maximum Gasteiger partial charge on any atom is 0.247 e. The summed E-state index contributed by atoms with van der Waals surface area (Å²) in [5.41, 5.74) is 6.69. The van der Waals surface area contributed by atoms with Crippen molar-refractivity contribution >= 4 is 38.5 Å². The van der Waals surface area contributed by atoms with Crippen molar-refractivity contribution in [2.75, 3.05) is 12.0 Å². The first-order valence-electron chi connectivity index (χ1n) is 8.17. The molecule has 0 spiro atoms. The van der Waals surface area contributed by atoms with E-state index in [0.717, 1.165) is 17.3 Å². The number of thiazole rings is 1. The summed E-state index contributed by atoms with van der Waals surface area (Å²) in [6, 6.07) is 3.96. The van der Waals surface area contributed by atoms with E-state index < -0.39 is 15.7 Å². The molecule has 1 aromatic carbocycles. The molecule has 2 aromatic heterocycles. The third-order valence-electron chi connectivity index (χ3n) is 3.79. The number of hydrogen-bond acceptors (Lipinski definition) is 7. The standard InChI is InChI=1S/C18H18ClFN4O2S2/c1-18(2,3)16-24-14(10-7-9(20)8-11(21)13(10)19)15(27-16)12-5-6-22-17(23-12)28(4,25)26/h5-8H,21H2,1-4H3. The lowest BCUT2D eigenvalue weighted by Crippen LogP contribution is -2.10. The Morgan fingerprint density at radius 2 is 1.89 bits per heavy atom. The van der Waals surface area contributed by atoms with Gasteiger partial charge >= 0.3 is 0 Å². The van der Waals surface area contributed by atoms with Gasteiger partial charge in [-0.2, -0.15) is 0 Å². The van der Waals surface area contributed by atoms with Crippen molar-refractivity contribution in [1.29, 1.82) is 0 Å². The summed E-state index contributed by atoms with van der Waals surface area (Å²) in [7, 11) is -3.60. The van der Waals surface area contributed by atoms with Gasteiger partial charge in [0, 0.05) is 23.4 Å². The summed E-state index contributed by atoms with van der Waals surface area (Å²) in [4.78, 5) is 13.2. The zero-order valence-electron chi connectivity index (χ0n) is 15.6. The third kappa shape index (κ3) is 4.01. The van der Waals surface area contributed by atoms with Crippen LogP contribution in [0.4, 0.5) is 10.1 Å². The molecule has 0 aliphatic carbocycles. The molecule has 0 amide bonds. The second kappa shape index (κ2) is 7.06. The van der Waals surface area contributed by atoms with Gasteiger partial charge in [-0.25, -0.2) is 27.8 Å². The number of benzene rings is 1. The highest BCUT2D eigenvalue weighted by molar-refractivity contribution is 7.90. The molecular weight excluding hydrogens is 423 g/mol. The number of rotatable bonds is 3. The largest absolute Gasteiger partial charge is 0.397 e. The van der Waals surface area contributed by atoms with Crippen LogP contribution in [-0.4, -0.2) is 29.6 Å². The maximum absolute atomic E-state index is 14.0. The predicted octanol–water partition coefficient (Wildman–Crippen LogP) is 4.34. The van der Waals surface area contributed by atoms with Crippen LogP contribution in [-0.2, 0) is 15.3 Å². The number of hydrogen-bond donors (Lipinski definition) is 1. The van der Waals surface area contributed by atoms with Crippen molar-refractivity contribution in [1.82, 2.24) is 15.0 Å². The lowest BCUT2D eigenvalue weighted by Gasteiger charge is -2.13. The Morgan fingerprint density at radius 3 is 2.50 bits per heavy atom. The number of halogens is 2. The normalized spacial score (nSPS) is 12.4. The van der Waals surface area contributed by atoms with Gasteiger partial charge in [0.1, 0.15) is 5.82 Å². The van der Waals surface area contributed by atoms with Gasteiger partial charge in [0.2, 0.25) is 15.0 Å². The van der Waals surface area contributed by atoms with Crippen molar-refractivity contribution in [3.8, 4) is 21.8 Å². The SMILES string of the molecule is CC(C)(C)c1nc(-c2cc(F)cc(N)c2Cl)c(-c2ccnc(S(C)(=O)=O)n2)s1. The Bertz CT molecular complexity index is 1170. The van der Waals surface area contributed by atoms with Gasteiger partial charge in [0.05, 0.1) is 32.0 Å². The van der Waals surface area contributed by atoms with E-state index in [-0.39, 0.29) is 21.3 Å². The first-order valence-corrected chi connectivity index (χ1v) is 11.3. The minimum atomic E-state index is -3.60. The highest BCUT2D eigenvalue weighted by atomic mass is 35.5. The van der Waals surface area contributed by atoms with Crippen LogP contribution in [0, 0.1) is 5.82 Å². The topological polar surface area (TPSA) is 98.8 Å². The lowest BCUT2D eigenvalue weighted by atomic mass is 9.98. The zero-order chi connectivity index (χ0) is 20.9. The molecule has 28 heavy (non-hydrogen) atoms. The number of nitrogens with two attached hydrogens (primary N) is 1. The Morgan fingerprint density at radius 1 is 1.21 bits per heavy atom. The van der Waals surface area contributed by atoms with E-state index in [2.05, 4.69) is 15.0 Å². The molecule has 0 saturated carbocycles. The molecule has 2 N–H and O–H groups in total. The highest BCUT2D eigenvalue weighted by Gasteiger charge is 2.26. The fraction of sp³-hybridized carbons (Fsp3) is 0.278. The molecule has 0 radical (unpaired) electrons. The van der Waals surface area contributed by atoms with Gasteiger partial charge in [0.15, 0.2) is 0 Å². The molecule has 0 aliphatic heterocycles. The lowest BCUT2D eigenvalue weighted by molar-refractivity contribution is 0.586. The van der Waals surface area contributed by atoms with Crippen LogP contribution in [0.25, 0.3) is 21.8 Å². The van der Waals surface area contributed by atoms with Crippen molar-refractivity contribution in [3.05, 3.63) is 40.2 Å².